The summed E-state index contributed by atoms with van der Waals surface area (Å²) in [5.74, 6) is -0.283. The lowest BCUT2D eigenvalue weighted by molar-refractivity contribution is 0.0521. The zero-order valence-electron chi connectivity index (χ0n) is 10.2. The molecule has 1 heterocycles. The van der Waals surface area contributed by atoms with Crippen molar-refractivity contribution >= 4 is 22.6 Å². The van der Waals surface area contributed by atoms with Gasteiger partial charge in [-0.15, -0.1) is 0 Å². The van der Waals surface area contributed by atoms with Gasteiger partial charge in [-0.25, -0.2) is 9.78 Å². The van der Waals surface area contributed by atoms with Crippen molar-refractivity contribution < 1.29 is 13.7 Å². The van der Waals surface area contributed by atoms with Gasteiger partial charge in [0, 0.05) is 28.9 Å². The van der Waals surface area contributed by atoms with Crippen LogP contribution in [0.15, 0.2) is 6.33 Å². The molecule has 0 bridgehead atoms. The first kappa shape index (κ1) is 13.7. The molecule has 96 valence electrons. The number of hydrogen-bond acceptors (Lipinski definition) is 5. The van der Waals surface area contributed by atoms with E-state index in [2.05, 4.69) is 4.98 Å². The van der Waals surface area contributed by atoms with Gasteiger partial charge in [-0.1, -0.05) is 0 Å². The van der Waals surface area contributed by atoms with Crippen LogP contribution in [0.25, 0.3) is 0 Å². The van der Waals surface area contributed by atoms with E-state index in [-0.39, 0.29) is 23.4 Å². The molecule has 0 spiro atoms. The predicted molar refractivity (Wildman–Crippen MR) is 66.1 cm³/mol. The Balaban J connectivity index is 2.84. The summed E-state index contributed by atoms with van der Waals surface area (Å²) in [7, 11) is -0.944. The molecule has 0 amide bonds. The third-order valence-electron chi connectivity index (χ3n) is 2.37. The number of carbonyl (C=O) groups is 1. The number of ether oxygens (including phenoxy) is 1. The first-order chi connectivity index (χ1) is 7.97. The third kappa shape index (κ3) is 3.29. The molecule has 0 saturated heterocycles. The van der Waals surface area contributed by atoms with Gasteiger partial charge in [0.1, 0.15) is 5.82 Å². The Bertz CT molecular complexity index is 430. The molecule has 0 aliphatic carbocycles. The van der Waals surface area contributed by atoms with Crippen LogP contribution in [0.5, 0.6) is 0 Å². The van der Waals surface area contributed by atoms with Crippen molar-refractivity contribution in [2.24, 2.45) is 0 Å². The highest BCUT2D eigenvalue weighted by molar-refractivity contribution is 7.84. The third-order valence-corrected chi connectivity index (χ3v) is 3.65. The van der Waals surface area contributed by atoms with E-state index in [1.165, 1.54) is 6.33 Å². The molecule has 2 unspecified atom stereocenters. The Labute approximate surface area is 103 Å². The van der Waals surface area contributed by atoms with Gasteiger partial charge >= 0.3 is 5.97 Å². The van der Waals surface area contributed by atoms with E-state index >= 15 is 0 Å². The average Bonchev–Trinajstić information content (AvgIpc) is 2.61. The minimum atomic E-state index is -0.944. The highest BCUT2D eigenvalue weighted by atomic mass is 32.2. The molecule has 0 saturated carbocycles. The number of aromatic nitrogens is 2. The monoisotopic (exact) mass is 259 g/mol. The number of rotatable bonds is 5. The lowest BCUT2D eigenvalue weighted by Crippen LogP contribution is -2.18. The van der Waals surface area contributed by atoms with Gasteiger partial charge < -0.3 is 15.0 Å². The topological polar surface area (TPSA) is 87.2 Å². The molecule has 1 aromatic rings. The minimum Gasteiger partial charge on any atom is -0.461 e. The Morgan fingerprint density at radius 2 is 2.35 bits per heavy atom. The zero-order chi connectivity index (χ0) is 13.0. The summed E-state index contributed by atoms with van der Waals surface area (Å²) in [6, 6.07) is 0. The fourth-order valence-electron chi connectivity index (χ4n) is 1.28. The first-order valence-corrected chi connectivity index (χ1v) is 6.89. The van der Waals surface area contributed by atoms with Crippen LogP contribution in [-0.2, 0) is 22.1 Å². The molecular weight excluding hydrogens is 242 g/mol. The molecule has 1 rings (SSSR count). The van der Waals surface area contributed by atoms with Crippen LogP contribution in [0.1, 0.15) is 24.3 Å². The number of carbonyl (C=O) groups excluding carboxylic acids is 1. The molecule has 2 N–H and O–H groups in total. The highest BCUT2D eigenvalue weighted by Gasteiger charge is 2.18. The number of anilines is 1. The number of nitrogens with two attached hydrogens (primary N) is 1. The van der Waals surface area contributed by atoms with Crippen LogP contribution in [0, 0.1) is 0 Å². The second-order valence-corrected chi connectivity index (χ2v) is 5.46. The zero-order valence-corrected chi connectivity index (χ0v) is 11.0. The molecule has 0 aromatic carbocycles. The maximum Gasteiger partial charge on any atom is 0.360 e. The molecule has 0 aliphatic rings. The number of imidazole rings is 1. The van der Waals surface area contributed by atoms with E-state index in [0.29, 0.717) is 6.54 Å². The summed E-state index contributed by atoms with van der Waals surface area (Å²) >= 11 is 0. The van der Waals surface area contributed by atoms with Gasteiger partial charge in [0.05, 0.1) is 12.9 Å². The maximum absolute atomic E-state index is 11.5. The van der Waals surface area contributed by atoms with Crippen molar-refractivity contribution in [1.82, 2.24) is 9.55 Å². The van der Waals surface area contributed by atoms with E-state index < -0.39 is 16.8 Å². The Hall–Kier alpha value is -1.37. The van der Waals surface area contributed by atoms with Crippen LogP contribution in [0.4, 0.5) is 5.82 Å². The number of hydrogen-bond donors (Lipinski definition) is 1. The Kier molecular flexibility index (Phi) is 4.68. The molecule has 6 nitrogen and oxygen atoms in total. The largest absolute Gasteiger partial charge is 0.461 e. The lowest BCUT2D eigenvalue weighted by Gasteiger charge is -2.10. The normalized spacial score (nSPS) is 14.3. The fraction of sp³-hybridized carbons (Fsp3) is 0.600. The SMILES string of the molecule is CCOC(=O)c1ncn(CC(C)S(C)=O)c1N. The summed E-state index contributed by atoms with van der Waals surface area (Å²) in [4.78, 5) is 15.4. The second kappa shape index (κ2) is 5.81. The highest BCUT2D eigenvalue weighted by Crippen LogP contribution is 2.13. The standard InChI is InChI=1S/C10H17N3O3S/c1-4-16-10(14)8-9(11)13(6-12-8)5-7(2)17(3)15/h6-7H,4-5,11H2,1-3H3. The maximum atomic E-state index is 11.5. The smallest absolute Gasteiger partial charge is 0.360 e. The van der Waals surface area contributed by atoms with Crippen molar-refractivity contribution in [2.45, 2.75) is 25.6 Å². The molecule has 7 heteroatoms. The quantitative estimate of drug-likeness (QED) is 0.774. The molecule has 1 aromatic heterocycles. The van der Waals surface area contributed by atoms with Gasteiger partial charge in [0.15, 0.2) is 5.69 Å². The van der Waals surface area contributed by atoms with E-state index in [4.69, 9.17) is 10.5 Å². The summed E-state index contributed by atoms with van der Waals surface area (Å²) in [5, 5.41) is -0.0541. The number of nitrogen functional groups attached to an aromatic ring is 1. The number of esters is 1. The van der Waals surface area contributed by atoms with E-state index in [9.17, 15) is 9.00 Å². The van der Waals surface area contributed by atoms with E-state index in [1.54, 1.807) is 17.7 Å². The average molecular weight is 259 g/mol. The van der Waals surface area contributed by atoms with Gasteiger partial charge in [-0.05, 0) is 13.8 Å². The Morgan fingerprint density at radius 1 is 1.71 bits per heavy atom. The van der Waals surface area contributed by atoms with Crippen molar-refractivity contribution in [3.05, 3.63) is 12.0 Å². The van der Waals surface area contributed by atoms with Crippen LogP contribution >= 0.6 is 0 Å². The van der Waals surface area contributed by atoms with E-state index in [1.807, 2.05) is 6.92 Å². The van der Waals surface area contributed by atoms with Crippen molar-refractivity contribution in [3.63, 3.8) is 0 Å². The van der Waals surface area contributed by atoms with Gasteiger partial charge in [-0.3, -0.25) is 4.21 Å². The Morgan fingerprint density at radius 3 is 2.88 bits per heavy atom. The summed E-state index contributed by atoms with van der Waals surface area (Å²) in [6.45, 7) is 4.30. The van der Waals surface area contributed by atoms with Crippen molar-refractivity contribution in [1.29, 1.82) is 0 Å². The van der Waals surface area contributed by atoms with Crippen LogP contribution in [0.2, 0.25) is 0 Å². The summed E-state index contributed by atoms with van der Waals surface area (Å²) in [6.07, 6.45) is 3.09. The predicted octanol–water partition coefficient (Wildman–Crippen LogP) is 0.409. The van der Waals surface area contributed by atoms with Gasteiger partial charge in [0.2, 0.25) is 0 Å². The van der Waals surface area contributed by atoms with Gasteiger partial charge in [-0.2, -0.15) is 0 Å². The molecule has 0 fully saturated rings. The molecular formula is C10H17N3O3S. The molecule has 0 radical (unpaired) electrons. The summed E-state index contributed by atoms with van der Waals surface area (Å²) in [5.41, 5.74) is 5.90. The minimum absolute atomic E-state index is 0.0541. The first-order valence-electron chi connectivity index (χ1n) is 5.27. The number of nitrogens with zero attached hydrogens (tertiary/aromatic N) is 2. The van der Waals surface area contributed by atoms with Crippen molar-refractivity contribution in [2.75, 3.05) is 18.6 Å². The van der Waals surface area contributed by atoms with Gasteiger partial charge in [0.25, 0.3) is 0 Å². The lowest BCUT2D eigenvalue weighted by atomic mass is 10.4. The summed E-state index contributed by atoms with van der Waals surface area (Å²) < 4.78 is 17.7. The molecule has 2 atom stereocenters. The molecule has 0 aliphatic heterocycles. The van der Waals surface area contributed by atoms with E-state index in [0.717, 1.165) is 0 Å². The van der Waals surface area contributed by atoms with Crippen LogP contribution in [-0.4, -0.2) is 37.8 Å². The fourth-order valence-corrected chi connectivity index (χ4v) is 1.65. The molecule has 17 heavy (non-hydrogen) atoms. The van der Waals surface area contributed by atoms with Crippen LogP contribution < -0.4 is 5.73 Å². The van der Waals surface area contributed by atoms with Crippen LogP contribution in [0.3, 0.4) is 0 Å². The second-order valence-electron chi connectivity index (χ2n) is 3.66. The van der Waals surface area contributed by atoms with Crippen molar-refractivity contribution in [3.8, 4) is 0 Å².